The summed E-state index contributed by atoms with van der Waals surface area (Å²) >= 11 is 0. The van der Waals surface area contributed by atoms with Crippen molar-refractivity contribution in [3.63, 3.8) is 0 Å². The van der Waals surface area contributed by atoms with E-state index in [1.54, 1.807) is 6.07 Å². The average molecular weight is 404 g/mol. The van der Waals surface area contributed by atoms with Crippen molar-refractivity contribution < 1.29 is 22.7 Å². The van der Waals surface area contributed by atoms with Crippen molar-refractivity contribution in [2.75, 3.05) is 30.3 Å². The summed E-state index contributed by atoms with van der Waals surface area (Å²) in [5.74, 6) is 0.889. The Kier molecular flexibility index (Phi) is 5.79. The zero-order valence-electron chi connectivity index (χ0n) is 16.1. The van der Waals surface area contributed by atoms with E-state index in [0.717, 1.165) is 21.7 Å². The summed E-state index contributed by atoms with van der Waals surface area (Å²) in [5.41, 5.74) is 2.11. The number of aryl methyl sites for hydroxylation is 2. The first-order valence-corrected chi connectivity index (χ1v) is 10.8. The predicted octanol–water partition coefficient (Wildman–Crippen LogP) is 2.03. The number of fused-ring (bicyclic) bond motifs is 1. The average Bonchev–Trinajstić information content (AvgIpc) is 2.64. The van der Waals surface area contributed by atoms with Crippen LogP contribution < -0.4 is 19.1 Å². The van der Waals surface area contributed by atoms with Gasteiger partial charge in [-0.2, -0.15) is 0 Å². The lowest BCUT2D eigenvalue weighted by molar-refractivity contribution is -0.120. The van der Waals surface area contributed by atoms with Crippen molar-refractivity contribution in [2.45, 2.75) is 20.0 Å². The molecule has 150 valence electrons. The Balaban J connectivity index is 1.65. The number of carbonyl (C=O) groups excluding carboxylic acids is 1. The van der Waals surface area contributed by atoms with E-state index in [1.165, 1.54) is 0 Å². The van der Waals surface area contributed by atoms with Gasteiger partial charge in [-0.05, 0) is 37.1 Å². The third-order valence-electron chi connectivity index (χ3n) is 4.47. The molecular formula is C20H24N2O5S. The molecule has 7 nitrogen and oxygen atoms in total. The largest absolute Gasteiger partial charge is 0.486 e. The smallest absolute Gasteiger partial charge is 0.240 e. The second-order valence-corrected chi connectivity index (χ2v) is 8.72. The van der Waals surface area contributed by atoms with Gasteiger partial charge in [0, 0.05) is 0 Å². The first-order valence-electron chi connectivity index (χ1n) is 8.95. The third kappa shape index (κ3) is 4.56. The van der Waals surface area contributed by atoms with E-state index in [2.05, 4.69) is 5.32 Å². The van der Waals surface area contributed by atoms with Gasteiger partial charge in [0.05, 0.1) is 18.5 Å². The molecule has 1 amide bonds. The number of anilines is 1. The number of ether oxygens (including phenoxy) is 2. The zero-order chi connectivity index (χ0) is 20.3. The molecule has 1 atom stereocenters. The molecule has 1 aliphatic rings. The van der Waals surface area contributed by atoms with Gasteiger partial charge in [0.2, 0.25) is 15.9 Å². The molecule has 0 aliphatic carbocycles. The van der Waals surface area contributed by atoms with Crippen LogP contribution in [0.5, 0.6) is 11.5 Å². The summed E-state index contributed by atoms with van der Waals surface area (Å²) < 4.78 is 37.2. The van der Waals surface area contributed by atoms with Crippen LogP contribution in [0.25, 0.3) is 0 Å². The fourth-order valence-electron chi connectivity index (χ4n) is 3.14. The van der Waals surface area contributed by atoms with E-state index in [0.29, 0.717) is 23.8 Å². The summed E-state index contributed by atoms with van der Waals surface area (Å²) in [5, 5.41) is 2.74. The number of nitrogens with zero attached hydrogens (tertiary/aromatic N) is 1. The second-order valence-electron chi connectivity index (χ2n) is 6.81. The van der Waals surface area contributed by atoms with Gasteiger partial charge in [-0.3, -0.25) is 9.10 Å². The molecule has 0 spiro atoms. The van der Waals surface area contributed by atoms with Gasteiger partial charge in [-0.1, -0.05) is 30.3 Å². The first kappa shape index (κ1) is 20.0. The highest BCUT2D eigenvalue weighted by atomic mass is 32.2. The standard InChI is InChI=1S/C20H24N2O5S/c1-14-7-6-8-15(2)20(14)22(28(3,24)25)12-19(23)21-11-16-13-26-17-9-4-5-10-18(17)27-16/h4-10,16H,11-13H2,1-3H3,(H,21,23)/t16-/m0/s1. The quantitative estimate of drug-likeness (QED) is 0.796. The third-order valence-corrected chi connectivity index (χ3v) is 5.58. The van der Waals surface area contributed by atoms with Crippen molar-refractivity contribution in [1.82, 2.24) is 5.32 Å². The lowest BCUT2D eigenvalue weighted by atomic mass is 10.1. The number of carbonyl (C=O) groups is 1. The molecule has 0 unspecified atom stereocenters. The summed E-state index contributed by atoms with van der Waals surface area (Å²) in [6.07, 6.45) is 0.756. The van der Waals surface area contributed by atoms with Gasteiger partial charge in [0.25, 0.3) is 0 Å². The number of hydrogen-bond acceptors (Lipinski definition) is 5. The summed E-state index contributed by atoms with van der Waals surface area (Å²) in [6, 6.07) is 12.8. The highest BCUT2D eigenvalue weighted by Gasteiger charge is 2.25. The fraction of sp³-hybridized carbons (Fsp3) is 0.350. The highest BCUT2D eigenvalue weighted by Crippen LogP contribution is 2.30. The molecule has 3 rings (SSSR count). The molecule has 0 fully saturated rings. The zero-order valence-corrected chi connectivity index (χ0v) is 17.0. The van der Waals surface area contributed by atoms with Gasteiger partial charge in [-0.15, -0.1) is 0 Å². The number of benzene rings is 2. The maximum atomic E-state index is 12.5. The normalized spacial score (nSPS) is 15.8. The minimum atomic E-state index is -3.62. The molecule has 1 heterocycles. The molecular weight excluding hydrogens is 380 g/mol. The molecule has 0 saturated carbocycles. The Hall–Kier alpha value is -2.74. The highest BCUT2D eigenvalue weighted by molar-refractivity contribution is 7.92. The lowest BCUT2D eigenvalue weighted by Crippen LogP contribution is -2.45. The number of sulfonamides is 1. The van der Waals surface area contributed by atoms with E-state index in [4.69, 9.17) is 9.47 Å². The predicted molar refractivity (Wildman–Crippen MR) is 107 cm³/mol. The minimum Gasteiger partial charge on any atom is -0.486 e. The van der Waals surface area contributed by atoms with Crippen LogP contribution in [-0.2, 0) is 14.8 Å². The number of hydrogen-bond donors (Lipinski definition) is 1. The molecule has 28 heavy (non-hydrogen) atoms. The molecule has 0 saturated heterocycles. The molecule has 1 aliphatic heterocycles. The van der Waals surface area contributed by atoms with Gasteiger partial charge in [0.15, 0.2) is 11.5 Å². The van der Waals surface area contributed by atoms with Crippen LogP contribution in [0, 0.1) is 13.8 Å². The summed E-state index contributed by atoms with van der Waals surface area (Å²) in [4.78, 5) is 12.5. The van der Waals surface area contributed by atoms with Crippen molar-refractivity contribution in [1.29, 1.82) is 0 Å². The van der Waals surface area contributed by atoms with Crippen molar-refractivity contribution in [3.05, 3.63) is 53.6 Å². The number of amides is 1. The Labute approximate surface area is 165 Å². The van der Waals surface area contributed by atoms with Crippen LogP contribution >= 0.6 is 0 Å². The van der Waals surface area contributed by atoms with E-state index in [-0.39, 0.29) is 19.2 Å². The van der Waals surface area contributed by atoms with Crippen molar-refractivity contribution in [3.8, 4) is 11.5 Å². The van der Waals surface area contributed by atoms with Gasteiger partial charge >= 0.3 is 0 Å². The molecule has 2 aromatic carbocycles. The monoisotopic (exact) mass is 404 g/mol. The number of para-hydroxylation sites is 3. The van der Waals surface area contributed by atoms with Gasteiger partial charge in [0.1, 0.15) is 19.3 Å². The summed E-state index contributed by atoms with van der Waals surface area (Å²) in [6.45, 7) is 3.88. The van der Waals surface area contributed by atoms with Gasteiger partial charge < -0.3 is 14.8 Å². The van der Waals surface area contributed by atoms with Crippen LogP contribution in [0.2, 0.25) is 0 Å². The van der Waals surface area contributed by atoms with Crippen molar-refractivity contribution in [2.24, 2.45) is 0 Å². The maximum absolute atomic E-state index is 12.5. The lowest BCUT2D eigenvalue weighted by Gasteiger charge is -2.28. The topological polar surface area (TPSA) is 84.9 Å². The van der Waals surface area contributed by atoms with Gasteiger partial charge in [-0.25, -0.2) is 8.42 Å². The molecule has 0 bridgehead atoms. The Morgan fingerprint density at radius 3 is 2.39 bits per heavy atom. The minimum absolute atomic E-state index is 0.220. The van der Waals surface area contributed by atoms with Crippen LogP contribution in [0.1, 0.15) is 11.1 Å². The van der Waals surface area contributed by atoms with Crippen LogP contribution in [0.15, 0.2) is 42.5 Å². The number of rotatable bonds is 6. The van der Waals surface area contributed by atoms with Crippen LogP contribution in [0.4, 0.5) is 5.69 Å². The fourth-order valence-corrected chi connectivity index (χ4v) is 4.11. The molecule has 1 N–H and O–H groups in total. The van der Waals surface area contributed by atoms with E-state index in [9.17, 15) is 13.2 Å². The Bertz CT molecular complexity index is 954. The molecule has 0 aromatic heterocycles. The van der Waals surface area contributed by atoms with Crippen molar-refractivity contribution >= 4 is 21.6 Å². The molecule has 8 heteroatoms. The van der Waals surface area contributed by atoms with Crippen LogP contribution in [-0.4, -0.2) is 46.4 Å². The van der Waals surface area contributed by atoms with E-state index < -0.39 is 15.9 Å². The van der Waals surface area contributed by atoms with Crippen LogP contribution in [0.3, 0.4) is 0 Å². The van der Waals surface area contributed by atoms with E-state index >= 15 is 0 Å². The Morgan fingerprint density at radius 1 is 1.11 bits per heavy atom. The SMILES string of the molecule is Cc1cccc(C)c1N(CC(=O)NC[C@H]1COc2ccccc2O1)S(C)(=O)=O. The summed E-state index contributed by atoms with van der Waals surface area (Å²) in [7, 11) is -3.62. The number of nitrogens with one attached hydrogen (secondary N) is 1. The molecule has 2 aromatic rings. The Morgan fingerprint density at radius 2 is 1.75 bits per heavy atom. The van der Waals surface area contributed by atoms with E-state index in [1.807, 2.05) is 50.2 Å². The molecule has 0 radical (unpaired) electrons. The first-order chi connectivity index (χ1) is 13.3. The second kappa shape index (κ2) is 8.10. The maximum Gasteiger partial charge on any atom is 0.240 e.